The number of imidazole rings is 1. The summed E-state index contributed by atoms with van der Waals surface area (Å²) in [7, 11) is 0. The summed E-state index contributed by atoms with van der Waals surface area (Å²) >= 11 is 0. The summed E-state index contributed by atoms with van der Waals surface area (Å²) in [4.78, 5) is 16.0. The van der Waals surface area contributed by atoms with Crippen molar-refractivity contribution in [1.82, 2.24) is 19.4 Å². The van der Waals surface area contributed by atoms with Crippen LogP contribution in [-0.2, 0) is 0 Å². The predicted octanol–water partition coefficient (Wildman–Crippen LogP) is 13.1. The lowest BCUT2D eigenvalue weighted by molar-refractivity contribution is 1.19. The molecule has 0 radical (unpaired) electrons. The van der Waals surface area contributed by atoms with E-state index in [-0.39, 0.29) is 0 Å². The maximum atomic E-state index is 5.47. The van der Waals surface area contributed by atoms with Gasteiger partial charge in [0.25, 0.3) is 0 Å². The lowest BCUT2D eigenvalue weighted by Gasteiger charge is -2.19. The highest BCUT2D eigenvalue weighted by Gasteiger charge is 2.23. The molecule has 3 aromatic heterocycles. The van der Waals surface area contributed by atoms with Gasteiger partial charge in [0.2, 0.25) is 0 Å². The highest BCUT2D eigenvalue weighted by atomic mass is 15.0. The van der Waals surface area contributed by atoms with Gasteiger partial charge in [-0.15, -0.1) is 0 Å². The van der Waals surface area contributed by atoms with E-state index in [1.807, 2.05) is 24.3 Å². The maximum absolute atomic E-state index is 5.47. The van der Waals surface area contributed by atoms with E-state index in [1.54, 1.807) is 0 Å². The smallest absolute Gasteiger partial charge is 0.160 e. The first-order valence-electron chi connectivity index (χ1n) is 18.6. The minimum Gasteiger partial charge on any atom is -0.299 e. The zero-order chi connectivity index (χ0) is 36.3. The van der Waals surface area contributed by atoms with Gasteiger partial charge in [-0.3, -0.25) is 4.40 Å². The third kappa shape index (κ3) is 5.11. The van der Waals surface area contributed by atoms with Crippen LogP contribution in [-0.4, -0.2) is 19.4 Å². The fraction of sp³-hybridized carbons (Fsp3) is 0. The SMILES string of the molecule is c1ccc(-c2nc(-c3cccc4ccccc34)c(-c3ccc(-c4cc5ccccc5c5nc6ccccn6c45)cc3)c(-c3cccc4ccccc34)n2)cc1. The summed E-state index contributed by atoms with van der Waals surface area (Å²) in [5.74, 6) is 0.693. The van der Waals surface area contributed by atoms with E-state index in [9.17, 15) is 0 Å². The van der Waals surface area contributed by atoms with Gasteiger partial charge in [0.05, 0.1) is 22.4 Å². The number of hydrogen-bond donors (Lipinski definition) is 0. The first kappa shape index (κ1) is 31.1. The standard InChI is InChI=1S/C51H32N4/c1-2-16-37(17-3-1)51-53-47(42-24-12-19-33-14-4-7-21-39(33)42)46(48(54-51)43-25-13-20-34-15-5-8-22-40(34)43)36-29-27-35(28-30-36)44-32-38-18-6-9-23-41(38)49-50(44)55-31-11-10-26-45(55)52-49/h1-32H. The van der Waals surface area contributed by atoms with Crippen LogP contribution >= 0.6 is 0 Å². The molecule has 0 aliphatic heterocycles. The third-order valence-corrected chi connectivity index (χ3v) is 10.8. The fourth-order valence-corrected chi connectivity index (χ4v) is 8.24. The van der Waals surface area contributed by atoms with Crippen molar-refractivity contribution in [3.8, 4) is 56.2 Å². The van der Waals surface area contributed by atoms with Gasteiger partial charge in [-0.25, -0.2) is 15.0 Å². The number of fused-ring (bicyclic) bond motifs is 7. The molecule has 0 bridgehead atoms. The molecule has 11 rings (SSSR count). The monoisotopic (exact) mass is 700 g/mol. The molecule has 55 heavy (non-hydrogen) atoms. The van der Waals surface area contributed by atoms with Crippen LogP contribution in [0, 0.1) is 0 Å². The second-order valence-corrected chi connectivity index (χ2v) is 14.0. The molecule has 4 nitrogen and oxygen atoms in total. The highest BCUT2D eigenvalue weighted by molar-refractivity contribution is 6.12. The Morgan fingerprint density at radius 2 is 0.909 bits per heavy atom. The van der Waals surface area contributed by atoms with Gasteiger partial charge in [-0.1, -0.05) is 170 Å². The molecule has 0 N–H and O–H groups in total. The Morgan fingerprint density at radius 1 is 0.364 bits per heavy atom. The van der Waals surface area contributed by atoms with Crippen molar-refractivity contribution in [2.75, 3.05) is 0 Å². The number of nitrogens with zero attached hydrogens (tertiary/aromatic N) is 4. The molecule has 0 aliphatic rings. The molecule has 11 aromatic rings. The molecule has 8 aromatic carbocycles. The molecular weight excluding hydrogens is 669 g/mol. The molecule has 256 valence electrons. The first-order chi connectivity index (χ1) is 27.3. The molecule has 0 fully saturated rings. The van der Waals surface area contributed by atoms with E-state index < -0.39 is 0 Å². The Kier molecular flexibility index (Phi) is 7.14. The van der Waals surface area contributed by atoms with Gasteiger partial charge >= 0.3 is 0 Å². The topological polar surface area (TPSA) is 43.1 Å². The average molecular weight is 701 g/mol. The van der Waals surface area contributed by atoms with Gasteiger partial charge in [-0.2, -0.15) is 0 Å². The van der Waals surface area contributed by atoms with E-state index >= 15 is 0 Å². The van der Waals surface area contributed by atoms with Crippen LogP contribution < -0.4 is 0 Å². The Labute approximate surface area is 317 Å². The van der Waals surface area contributed by atoms with E-state index in [4.69, 9.17) is 15.0 Å². The van der Waals surface area contributed by atoms with E-state index in [0.29, 0.717) is 5.82 Å². The Hall–Kier alpha value is -7.43. The zero-order valence-electron chi connectivity index (χ0n) is 29.8. The number of aromatic nitrogens is 4. The van der Waals surface area contributed by atoms with E-state index in [2.05, 4.69) is 174 Å². The van der Waals surface area contributed by atoms with E-state index in [0.717, 1.165) is 83.2 Å². The van der Waals surface area contributed by atoms with Crippen LogP contribution in [0.2, 0.25) is 0 Å². The quantitative estimate of drug-likeness (QED) is 0.179. The third-order valence-electron chi connectivity index (χ3n) is 10.8. The molecular formula is C51H32N4. The minimum atomic E-state index is 0.693. The van der Waals surface area contributed by atoms with Crippen molar-refractivity contribution in [1.29, 1.82) is 0 Å². The summed E-state index contributed by atoms with van der Waals surface area (Å²) in [6.07, 6.45) is 2.11. The van der Waals surface area contributed by atoms with Crippen LogP contribution in [0.25, 0.3) is 105 Å². The van der Waals surface area contributed by atoms with Crippen molar-refractivity contribution >= 4 is 49.0 Å². The van der Waals surface area contributed by atoms with Gasteiger partial charge in [0, 0.05) is 39.4 Å². The van der Waals surface area contributed by atoms with E-state index in [1.165, 1.54) is 16.2 Å². The maximum Gasteiger partial charge on any atom is 0.160 e. The van der Waals surface area contributed by atoms with Crippen molar-refractivity contribution in [3.63, 3.8) is 0 Å². The lowest BCUT2D eigenvalue weighted by atomic mass is 9.89. The number of benzene rings is 8. The molecule has 0 aliphatic carbocycles. The number of pyridine rings is 1. The Balaban J connectivity index is 1.21. The Morgan fingerprint density at radius 3 is 1.58 bits per heavy atom. The lowest BCUT2D eigenvalue weighted by Crippen LogP contribution is -2.01. The molecule has 0 atom stereocenters. The normalized spacial score (nSPS) is 11.6. The van der Waals surface area contributed by atoms with Crippen molar-refractivity contribution in [2.24, 2.45) is 0 Å². The molecule has 0 unspecified atom stereocenters. The summed E-state index contributed by atoms with van der Waals surface area (Å²) in [5, 5.41) is 6.95. The molecule has 0 spiro atoms. The predicted molar refractivity (Wildman–Crippen MR) is 228 cm³/mol. The zero-order valence-corrected chi connectivity index (χ0v) is 29.8. The van der Waals surface area contributed by atoms with Crippen molar-refractivity contribution in [2.45, 2.75) is 0 Å². The summed E-state index contributed by atoms with van der Waals surface area (Å²) < 4.78 is 2.21. The van der Waals surface area contributed by atoms with Crippen LogP contribution in [0.15, 0.2) is 194 Å². The van der Waals surface area contributed by atoms with Crippen LogP contribution in [0.4, 0.5) is 0 Å². The largest absolute Gasteiger partial charge is 0.299 e. The summed E-state index contributed by atoms with van der Waals surface area (Å²) in [6, 6.07) is 66.4. The fourth-order valence-electron chi connectivity index (χ4n) is 8.24. The molecule has 0 saturated carbocycles. The first-order valence-corrected chi connectivity index (χ1v) is 18.6. The molecule has 4 heteroatoms. The molecule has 0 saturated heterocycles. The van der Waals surface area contributed by atoms with Gasteiger partial charge in [0.15, 0.2) is 5.82 Å². The van der Waals surface area contributed by atoms with Gasteiger partial charge in [-0.05, 0) is 56.3 Å². The highest BCUT2D eigenvalue weighted by Crippen LogP contribution is 2.44. The van der Waals surface area contributed by atoms with Crippen LogP contribution in [0.5, 0.6) is 0 Å². The van der Waals surface area contributed by atoms with Gasteiger partial charge in [0.1, 0.15) is 5.65 Å². The second kappa shape index (κ2) is 12.6. The number of hydrogen-bond acceptors (Lipinski definition) is 3. The number of rotatable bonds is 5. The summed E-state index contributed by atoms with van der Waals surface area (Å²) in [5.41, 5.74) is 12.2. The van der Waals surface area contributed by atoms with Crippen LogP contribution in [0.1, 0.15) is 0 Å². The average Bonchev–Trinajstić information content (AvgIpc) is 3.66. The van der Waals surface area contributed by atoms with Gasteiger partial charge < -0.3 is 0 Å². The summed E-state index contributed by atoms with van der Waals surface area (Å²) in [6.45, 7) is 0. The molecule has 0 amide bonds. The molecule has 3 heterocycles. The Bertz CT molecular complexity index is 3140. The minimum absolute atomic E-state index is 0.693. The van der Waals surface area contributed by atoms with Crippen molar-refractivity contribution < 1.29 is 0 Å². The second-order valence-electron chi connectivity index (χ2n) is 14.0. The van der Waals surface area contributed by atoms with Crippen molar-refractivity contribution in [3.05, 3.63) is 194 Å². The van der Waals surface area contributed by atoms with Crippen LogP contribution in [0.3, 0.4) is 0 Å².